The summed E-state index contributed by atoms with van der Waals surface area (Å²) in [6.45, 7) is 0. The second-order valence-electron chi connectivity index (χ2n) is 5.06. The van der Waals surface area contributed by atoms with Gasteiger partial charge in [0.05, 0.1) is 16.3 Å². The number of furan rings is 1. The number of thiocarbonyl (C=S) groups is 1. The van der Waals surface area contributed by atoms with Crippen LogP contribution in [0, 0.1) is 0 Å². The smallest absolute Gasteiger partial charge is 0.335 e. The normalized spacial score (nSPS) is 10.4. The van der Waals surface area contributed by atoms with Crippen molar-refractivity contribution in [2.75, 3.05) is 5.32 Å². The molecule has 0 unspecified atom stereocenters. The topological polar surface area (TPSA) is 91.6 Å². The first-order valence-corrected chi connectivity index (χ1v) is 7.86. The summed E-state index contributed by atoms with van der Waals surface area (Å²) in [6.07, 6.45) is 0. The molecule has 0 spiro atoms. The lowest BCUT2D eigenvalue weighted by molar-refractivity contribution is 0.0696. The van der Waals surface area contributed by atoms with E-state index in [-0.39, 0.29) is 27.1 Å². The number of carboxylic acids is 1. The Hall–Kier alpha value is -2.90. The standard InChI is InChI=1S/C17H11ClN2O4S/c18-11-6-5-10(16(22)23)7-12(11)19-17(25)20-15(21)14-8-9-3-1-2-4-13(9)24-14/h1-8H,(H,22,23)(H2,19,20,21,25). The molecule has 3 N–H and O–H groups in total. The number of aromatic carboxylic acids is 1. The predicted octanol–water partition coefficient (Wildman–Crippen LogP) is 3.91. The molecule has 0 saturated carbocycles. The van der Waals surface area contributed by atoms with Gasteiger partial charge in [0.2, 0.25) is 0 Å². The number of carboxylic acid groups (broad SMARTS) is 1. The van der Waals surface area contributed by atoms with Crippen LogP contribution in [0.4, 0.5) is 5.69 Å². The number of hydrogen-bond donors (Lipinski definition) is 3. The third-order valence-corrected chi connectivity index (χ3v) is 3.87. The molecule has 0 aliphatic rings. The molecule has 2 aromatic carbocycles. The van der Waals surface area contributed by atoms with Gasteiger partial charge in [-0.05, 0) is 42.5 Å². The molecule has 0 bridgehead atoms. The molecule has 3 aromatic rings. The van der Waals surface area contributed by atoms with Crippen molar-refractivity contribution in [1.82, 2.24) is 5.32 Å². The summed E-state index contributed by atoms with van der Waals surface area (Å²) in [5, 5.41) is 15.2. The highest BCUT2D eigenvalue weighted by molar-refractivity contribution is 7.80. The Labute approximate surface area is 152 Å². The Bertz CT molecular complexity index is 966. The summed E-state index contributed by atoms with van der Waals surface area (Å²) in [5.74, 6) is -1.52. The van der Waals surface area contributed by atoms with Crippen molar-refractivity contribution in [2.45, 2.75) is 0 Å². The van der Waals surface area contributed by atoms with Gasteiger partial charge >= 0.3 is 5.97 Å². The van der Waals surface area contributed by atoms with Gasteiger partial charge < -0.3 is 14.8 Å². The Morgan fingerprint density at radius 3 is 2.60 bits per heavy atom. The lowest BCUT2D eigenvalue weighted by Gasteiger charge is -2.10. The van der Waals surface area contributed by atoms with E-state index in [1.807, 2.05) is 12.1 Å². The first-order valence-electron chi connectivity index (χ1n) is 7.08. The lowest BCUT2D eigenvalue weighted by atomic mass is 10.2. The summed E-state index contributed by atoms with van der Waals surface area (Å²) in [7, 11) is 0. The Kier molecular flexibility index (Phi) is 4.69. The van der Waals surface area contributed by atoms with Crippen molar-refractivity contribution in [1.29, 1.82) is 0 Å². The van der Waals surface area contributed by atoms with Gasteiger partial charge in [-0.15, -0.1) is 0 Å². The van der Waals surface area contributed by atoms with Crippen LogP contribution in [0.3, 0.4) is 0 Å². The van der Waals surface area contributed by atoms with Crippen LogP contribution >= 0.6 is 23.8 Å². The van der Waals surface area contributed by atoms with Crippen LogP contribution in [0.1, 0.15) is 20.9 Å². The van der Waals surface area contributed by atoms with E-state index in [2.05, 4.69) is 10.6 Å². The van der Waals surface area contributed by atoms with Crippen LogP contribution in [-0.4, -0.2) is 22.1 Å². The summed E-state index contributed by atoms with van der Waals surface area (Å²) in [5.41, 5.74) is 0.901. The second-order valence-corrected chi connectivity index (χ2v) is 5.87. The number of para-hydroxylation sites is 1. The maximum Gasteiger partial charge on any atom is 0.335 e. The van der Waals surface area contributed by atoms with Gasteiger partial charge in [0, 0.05) is 5.39 Å². The number of benzene rings is 2. The first-order chi connectivity index (χ1) is 11.9. The van der Waals surface area contributed by atoms with E-state index < -0.39 is 11.9 Å². The fourth-order valence-electron chi connectivity index (χ4n) is 2.17. The SMILES string of the molecule is O=C(O)c1ccc(Cl)c(NC(=S)NC(=O)c2cc3ccccc3o2)c1. The Balaban J connectivity index is 1.73. The van der Waals surface area contributed by atoms with E-state index in [0.29, 0.717) is 5.58 Å². The van der Waals surface area contributed by atoms with Gasteiger partial charge in [-0.3, -0.25) is 10.1 Å². The molecule has 0 fully saturated rings. The highest BCUT2D eigenvalue weighted by Crippen LogP contribution is 2.23. The zero-order valence-corrected chi connectivity index (χ0v) is 14.1. The predicted molar refractivity (Wildman–Crippen MR) is 98.3 cm³/mol. The van der Waals surface area contributed by atoms with Crippen LogP contribution < -0.4 is 10.6 Å². The molecule has 25 heavy (non-hydrogen) atoms. The van der Waals surface area contributed by atoms with Gasteiger partial charge in [0.15, 0.2) is 10.9 Å². The van der Waals surface area contributed by atoms with E-state index in [1.165, 1.54) is 18.2 Å². The molecule has 3 rings (SSSR count). The average Bonchev–Trinajstić information content (AvgIpc) is 3.01. The molecule has 126 valence electrons. The maximum absolute atomic E-state index is 12.2. The molecule has 6 nitrogen and oxygen atoms in total. The maximum atomic E-state index is 12.2. The number of rotatable bonds is 3. The average molecular weight is 375 g/mol. The van der Waals surface area contributed by atoms with Crippen molar-refractivity contribution < 1.29 is 19.1 Å². The number of halogens is 1. The fourth-order valence-corrected chi connectivity index (χ4v) is 2.53. The number of anilines is 1. The second kappa shape index (κ2) is 6.92. The quantitative estimate of drug-likeness (QED) is 0.602. The largest absolute Gasteiger partial charge is 0.478 e. The highest BCUT2D eigenvalue weighted by atomic mass is 35.5. The summed E-state index contributed by atoms with van der Waals surface area (Å²) < 4.78 is 5.45. The Morgan fingerprint density at radius 2 is 1.88 bits per heavy atom. The molecular formula is C17H11ClN2O4S. The molecule has 0 saturated heterocycles. The van der Waals surface area contributed by atoms with E-state index in [9.17, 15) is 9.59 Å². The van der Waals surface area contributed by atoms with E-state index in [4.69, 9.17) is 33.3 Å². The third-order valence-electron chi connectivity index (χ3n) is 3.34. The van der Waals surface area contributed by atoms with Crippen molar-refractivity contribution in [3.63, 3.8) is 0 Å². The zero-order chi connectivity index (χ0) is 18.0. The van der Waals surface area contributed by atoms with Crippen molar-refractivity contribution in [3.05, 3.63) is 64.9 Å². The highest BCUT2D eigenvalue weighted by Gasteiger charge is 2.15. The molecule has 1 amide bonds. The monoisotopic (exact) mass is 374 g/mol. The number of hydrogen-bond acceptors (Lipinski definition) is 4. The van der Waals surface area contributed by atoms with Crippen LogP contribution in [0.25, 0.3) is 11.0 Å². The molecule has 0 aliphatic carbocycles. The minimum atomic E-state index is -1.10. The van der Waals surface area contributed by atoms with Crippen molar-refractivity contribution >= 4 is 57.5 Å². The molecule has 8 heteroatoms. The molecule has 0 radical (unpaired) electrons. The van der Waals surface area contributed by atoms with Crippen LogP contribution in [0.5, 0.6) is 0 Å². The zero-order valence-electron chi connectivity index (χ0n) is 12.6. The Morgan fingerprint density at radius 1 is 1.12 bits per heavy atom. The van der Waals surface area contributed by atoms with Gasteiger partial charge in [0.25, 0.3) is 5.91 Å². The lowest BCUT2D eigenvalue weighted by Crippen LogP contribution is -2.34. The minimum Gasteiger partial charge on any atom is -0.478 e. The number of carbonyl (C=O) groups excluding carboxylic acids is 1. The van der Waals surface area contributed by atoms with Gasteiger partial charge in [-0.2, -0.15) is 0 Å². The minimum absolute atomic E-state index is 0.0325. The van der Waals surface area contributed by atoms with Gasteiger partial charge in [0.1, 0.15) is 5.58 Å². The molecule has 1 heterocycles. The first kappa shape index (κ1) is 16.9. The van der Waals surface area contributed by atoms with E-state index >= 15 is 0 Å². The number of nitrogens with one attached hydrogen (secondary N) is 2. The molecular weight excluding hydrogens is 364 g/mol. The number of fused-ring (bicyclic) bond motifs is 1. The molecule has 0 aliphatic heterocycles. The molecule has 0 atom stereocenters. The summed E-state index contributed by atoms with van der Waals surface area (Å²) >= 11 is 11.1. The van der Waals surface area contributed by atoms with Crippen LogP contribution in [0.2, 0.25) is 5.02 Å². The third kappa shape index (κ3) is 3.78. The van der Waals surface area contributed by atoms with Crippen molar-refractivity contribution in [2.24, 2.45) is 0 Å². The van der Waals surface area contributed by atoms with Crippen LogP contribution in [0.15, 0.2) is 52.9 Å². The fraction of sp³-hybridized carbons (Fsp3) is 0. The summed E-state index contributed by atoms with van der Waals surface area (Å²) in [6, 6.07) is 12.9. The van der Waals surface area contributed by atoms with Crippen LogP contribution in [-0.2, 0) is 0 Å². The van der Waals surface area contributed by atoms with Gasteiger partial charge in [-0.1, -0.05) is 29.8 Å². The number of carbonyl (C=O) groups is 2. The van der Waals surface area contributed by atoms with E-state index in [1.54, 1.807) is 18.2 Å². The van der Waals surface area contributed by atoms with E-state index in [0.717, 1.165) is 5.39 Å². The van der Waals surface area contributed by atoms with Crippen molar-refractivity contribution in [3.8, 4) is 0 Å². The molecule has 1 aromatic heterocycles. The number of amides is 1. The van der Waals surface area contributed by atoms with Gasteiger partial charge in [-0.25, -0.2) is 4.79 Å². The summed E-state index contributed by atoms with van der Waals surface area (Å²) in [4.78, 5) is 23.2.